The zero-order valence-corrected chi connectivity index (χ0v) is 11.4. The first kappa shape index (κ1) is 12.2. The Balaban J connectivity index is 1.79. The maximum atomic E-state index is 11.8. The van der Waals surface area contributed by atoms with Gasteiger partial charge in [-0.25, -0.2) is 0 Å². The Morgan fingerprint density at radius 3 is 2.81 bits per heavy atom. The number of ketones is 1. The summed E-state index contributed by atoms with van der Waals surface area (Å²) in [5, 5.41) is 3.28. The van der Waals surface area contributed by atoms with Crippen molar-refractivity contribution in [1.29, 1.82) is 0 Å². The van der Waals surface area contributed by atoms with Gasteiger partial charge in [-0.3, -0.25) is 9.69 Å². The highest BCUT2D eigenvalue weighted by Gasteiger charge is 2.14. The monoisotopic (exact) mass is 302 g/mol. The molecule has 16 heavy (non-hydrogen) atoms. The second-order valence-corrected chi connectivity index (χ2v) is 6.49. The van der Waals surface area contributed by atoms with E-state index in [1.807, 2.05) is 12.1 Å². The fraction of sp³-hybridized carbons (Fsp3) is 0.545. The minimum Gasteiger partial charge on any atom is -0.314 e. The summed E-state index contributed by atoms with van der Waals surface area (Å²) < 4.78 is 1.09. The number of carbonyl (C=O) groups is 1. The van der Waals surface area contributed by atoms with Crippen molar-refractivity contribution < 1.29 is 4.79 Å². The number of nitrogens with one attached hydrogen (secondary N) is 1. The molecule has 2 heterocycles. The molecule has 2 rings (SSSR count). The van der Waals surface area contributed by atoms with Gasteiger partial charge < -0.3 is 5.32 Å². The highest BCUT2D eigenvalue weighted by Crippen LogP contribution is 2.22. The fourth-order valence-electron chi connectivity index (χ4n) is 1.82. The molecule has 1 aliphatic rings. The summed E-state index contributed by atoms with van der Waals surface area (Å²) in [7, 11) is 0. The number of hydrogen-bond donors (Lipinski definition) is 1. The molecular weight excluding hydrogens is 288 g/mol. The second kappa shape index (κ2) is 5.91. The quantitative estimate of drug-likeness (QED) is 0.915. The molecule has 0 spiro atoms. The Hall–Kier alpha value is -0.230. The molecule has 1 aromatic heterocycles. The van der Waals surface area contributed by atoms with Crippen molar-refractivity contribution in [3.8, 4) is 0 Å². The minimum atomic E-state index is 0.316. The topological polar surface area (TPSA) is 32.3 Å². The smallest absolute Gasteiger partial charge is 0.152 e. The first-order chi connectivity index (χ1) is 7.74. The van der Waals surface area contributed by atoms with Crippen LogP contribution < -0.4 is 5.32 Å². The number of hydrogen-bond acceptors (Lipinski definition) is 4. The molecule has 0 aliphatic carbocycles. The molecule has 0 aromatic carbocycles. The maximum Gasteiger partial charge on any atom is 0.152 e. The van der Waals surface area contributed by atoms with Gasteiger partial charge in [0.2, 0.25) is 0 Å². The minimum absolute atomic E-state index is 0.316. The molecule has 0 bridgehead atoms. The molecule has 1 saturated heterocycles. The van der Waals surface area contributed by atoms with Gasteiger partial charge in [0.1, 0.15) is 0 Å². The van der Waals surface area contributed by atoms with Gasteiger partial charge in [0.05, 0.1) is 10.3 Å². The lowest BCUT2D eigenvalue weighted by molar-refractivity contribution is -0.119. The predicted molar refractivity (Wildman–Crippen MR) is 70.0 cm³/mol. The van der Waals surface area contributed by atoms with Crippen LogP contribution in [0.5, 0.6) is 0 Å². The van der Waals surface area contributed by atoms with E-state index >= 15 is 0 Å². The zero-order chi connectivity index (χ0) is 11.4. The highest BCUT2D eigenvalue weighted by molar-refractivity contribution is 9.11. The lowest BCUT2D eigenvalue weighted by Crippen LogP contribution is -2.45. The molecule has 1 N–H and O–H groups in total. The second-order valence-electron chi connectivity index (χ2n) is 3.95. The van der Waals surface area contributed by atoms with Crippen LogP contribution in [-0.4, -0.2) is 43.4 Å². The van der Waals surface area contributed by atoms with E-state index in [2.05, 4.69) is 26.1 Å². The standard InChI is InChI=1S/C11H15BrN2OS/c12-11-2-1-10(16-11)7-9(15)8-14-5-3-13-4-6-14/h1-2,13H,3-8H2. The lowest BCUT2D eigenvalue weighted by Gasteiger charge is -2.26. The van der Waals surface area contributed by atoms with Gasteiger partial charge in [-0.05, 0) is 28.1 Å². The number of halogens is 1. The van der Waals surface area contributed by atoms with Gasteiger partial charge in [-0.15, -0.1) is 11.3 Å². The van der Waals surface area contributed by atoms with Gasteiger partial charge in [0.25, 0.3) is 0 Å². The van der Waals surface area contributed by atoms with Gasteiger partial charge in [-0.2, -0.15) is 0 Å². The Morgan fingerprint density at radius 2 is 2.19 bits per heavy atom. The average molecular weight is 303 g/mol. The number of carbonyl (C=O) groups excluding carboxylic acids is 1. The van der Waals surface area contributed by atoms with Crippen molar-refractivity contribution in [2.24, 2.45) is 0 Å². The largest absolute Gasteiger partial charge is 0.314 e. The molecule has 1 fully saturated rings. The van der Waals surface area contributed by atoms with Crippen molar-refractivity contribution in [2.75, 3.05) is 32.7 Å². The van der Waals surface area contributed by atoms with E-state index in [9.17, 15) is 4.79 Å². The molecule has 0 radical (unpaired) electrons. The van der Waals surface area contributed by atoms with E-state index in [0.29, 0.717) is 18.7 Å². The van der Waals surface area contributed by atoms with E-state index in [1.54, 1.807) is 11.3 Å². The first-order valence-electron chi connectivity index (χ1n) is 5.43. The Bertz CT molecular complexity index is 361. The number of Topliss-reactive ketones (excluding diaryl/α,β-unsaturated/α-hetero) is 1. The molecular formula is C11H15BrN2OS. The molecule has 5 heteroatoms. The summed E-state index contributed by atoms with van der Waals surface area (Å²) in [4.78, 5) is 15.2. The summed E-state index contributed by atoms with van der Waals surface area (Å²) in [5.74, 6) is 0.316. The van der Waals surface area contributed by atoms with E-state index < -0.39 is 0 Å². The third kappa shape index (κ3) is 3.66. The van der Waals surface area contributed by atoms with Crippen LogP contribution in [0.25, 0.3) is 0 Å². The van der Waals surface area contributed by atoms with Crippen molar-refractivity contribution in [3.05, 3.63) is 20.8 Å². The molecule has 0 saturated carbocycles. The predicted octanol–water partition coefficient (Wildman–Crippen LogP) is 1.53. The fourth-order valence-corrected chi connectivity index (χ4v) is 3.33. The summed E-state index contributed by atoms with van der Waals surface area (Å²) in [5.41, 5.74) is 0. The average Bonchev–Trinajstić information content (AvgIpc) is 2.65. The SMILES string of the molecule is O=C(Cc1ccc(Br)s1)CN1CCNCC1. The van der Waals surface area contributed by atoms with Gasteiger partial charge >= 0.3 is 0 Å². The summed E-state index contributed by atoms with van der Waals surface area (Å²) >= 11 is 5.05. The summed E-state index contributed by atoms with van der Waals surface area (Å²) in [6.07, 6.45) is 0.570. The molecule has 0 amide bonds. The van der Waals surface area contributed by atoms with Crippen LogP contribution in [0, 0.1) is 0 Å². The summed E-state index contributed by atoms with van der Waals surface area (Å²) in [6, 6.07) is 4.02. The number of piperazine rings is 1. The van der Waals surface area contributed by atoms with Crippen molar-refractivity contribution >= 4 is 33.0 Å². The molecule has 0 atom stereocenters. The number of nitrogens with zero attached hydrogens (tertiary/aromatic N) is 1. The number of rotatable bonds is 4. The van der Waals surface area contributed by atoms with Crippen LogP contribution in [0.3, 0.4) is 0 Å². The van der Waals surface area contributed by atoms with E-state index in [0.717, 1.165) is 34.8 Å². The van der Waals surface area contributed by atoms with Crippen LogP contribution in [0.1, 0.15) is 4.88 Å². The van der Waals surface area contributed by atoms with Crippen LogP contribution >= 0.6 is 27.3 Å². The van der Waals surface area contributed by atoms with Crippen molar-refractivity contribution in [3.63, 3.8) is 0 Å². The van der Waals surface area contributed by atoms with Crippen LogP contribution in [0.2, 0.25) is 0 Å². The Labute approximate surface area is 108 Å². The van der Waals surface area contributed by atoms with Crippen molar-refractivity contribution in [2.45, 2.75) is 6.42 Å². The zero-order valence-electron chi connectivity index (χ0n) is 9.04. The Kier molecular flexibility index (Phi) is 4.52. The third-order valence-electron chi connectivity index (χ3n) is 2.61. The Morgan fingerprint density at radius 1 is 1.44 bits per heavy atom. The highest BCUT2D eigenvalue weighted by atomic mass is 79.9. The van der Waals surface area contributed by atoms with Gasteiger partial charge in [0.15, 0.2) is 5.78 Å². The van der Waals surface area contributed by atoms with Gasteiger partial charge in [-0.1, -0.05) is 0 Å². The molecule has 88 valence electrons. The van der Waals surface area contributed by atoms with Crippen molar-refractivity contribution in [1.82, 2.24) is 10.2 Å². The van der Waals surface area contributed by atoms with E-state index in [1.165, 1.54) is 0 Å². The normalized spacial score (nSPS) is 17.6. The maximum absolute atomic E-state index is 11.8. The molecule has 1 aliphatic heterocycles. The van der Waals surface area contributed by atoms with Gasteiger partial charge in [0, 0.05) is 37.5 Å². The summed E-state index contributed by atoms with van der Waals surface area (Å²) in [6.45, 7) is 4.56. The van der Waals surface area contributed by atoms with E-state index in [-0.39, 0.29) is 0 Å². The molecule has 3 nitrogen and oxygen atoms in total. The molecule has 0 unspecified atom stereocenters. The van der Waals surface area contributed by atoms with E-state index in [4.69, 9.17) is 0 Å². The van der Waals surface area contributed by atoms with Crippen LogP contribution in [-0.2, 0) is 11.2 Å². The first-order valence-corrected chi connectivity index (χ1v) is 7.04. The third-order valence-corrected chi connectivity index (χ3v) is 4.23. The number of thiophene rings is 1. The van der Waals surface area contributed by atoms with Crippen LogP contribution in [0.4, 0.5) is 0 Å². The molecule has 1 aromatic rings. The lowest BCUT2D eigenvalue weighted by atomic mass is 10.2. The van der Waals surface area contributed by atoms with Crippen LogP contribution in [0.15, 0.2) is 15.9 Å².